The Morgan fingerprint density at radius 1 is 1.62 bits per heavy atom. The first-order valence-corrected chi connectivity index (χ1v) is 6.14. The molecule has 0 radical (unpaired) electrons. The second kappa shape index (κ2) is 5.65. The second-order valence-electron chi connectivity index (χ2n) is 5.35. The summed E-state index contributed by atoms with van der Waals surface area (Å²) < 4.78 is 5.06. The van der Waals surface area contributed by atoms with Crippen molar-refractivity contribution in [1.82, 2.24) is 0 Å². The van der Waals surface area contributed by atoms with Crippen molar-refractivity contribution in [1.29, 1.82) is 5.26 Å². The maximum Gasteiger partial charge on any atom is 0.0838 e. The van der Waals surface area contributed by atoms with Gasteiger partial charge in [0, 0.05) is 13.0 Å². The Hall–Kier alpha value is -0.590. The quantitative estimate of drug-likeness (QED) is 0.799. The van der Waals surface area contributed by atoms with Gasteiger partial charge in [0.2, 0.25) is 0 Å². The molecule has 0 aromatic heterocycles. The molecule has 0 heterocycles. The Balaban J connectivity index is 2.75. The molecule has 92 valence electrons. The number of aliphatic hydroxyl groups excluding tert-OH is 1. The van der Waals surface area contributed by atoms with Crippen LogP contribution in [0.2, 0.25) is 0 Å². The van der Waals surface area contributed by atoms with Crippen LogP contribution in [0.25, 0.3) is 0 Å². The molecule has 1 fully saturated rings. The number of methoxy groups -OCH3 is 1. The van der Waals surface area contributed by atoms with Crippen LogP contribution in [0.3, 0.4) is 0 Å². The zero-order valence-electron chi connectivity index (χ0n) is 10.6. The van der Waals surface area contributed by atoms with E-state index in [1.54, 1.807) is 7.11 Å². The molecular formula is C13H23NO2. The lowest BCUT2D eigenvalue weighted by Crippen LogP contribution is -2.43. The van der Waals surface area contributed by atoms with Crippen LogP contribution in [0, 0.1) is 28.6 Å². The molecule has 4 unspecified atom stereocenters. The summed E-state index contributed by atoms with van der Waals surface area (Å²) in [4.78, 5) is 0. The van der Waals surface area contributed by atoms with Gasteiger partial charge in [0.05, 0.1) is 24.2 Å². The van der Waals surface area contributed by atoms with E-state index in [0.29, 0.717) is 12.5 Å². The summed E-state index contributed by atoms with van der Waals surface area (Å²) in [6, 6.07) is 2.38. The molecule has 0 aromatic rings. The third-order valence-corrected chi connectivity index (χ3v) is 3.79. The van der Waals surface area contributed by atoms with Gasteiger partial charge in [0.25, 0.3) is 0 Å². The van der Waals surface area contributed by atoms with Gasteiger partial charge in [0.1, 0.15) is 0 Å². The lowest BCUT2D eigenvalue weighted by molar-refractivity contribution is -0.0340. The Labute approximate surface area is 98.4 Å². The molecule has 1 N–H and O–H groups in total. The fraction of sp³-hybridized carbons (Fsp3) is 0.923. The van der Waals surface area contributed by atoms with Crippen molar-refractivity contribution in [2.45, 2.75) is 45.6 Å². The maximum atomic E-state index is 10.3. The number of nitrogens with zero attached hydrogens (tertiary/aromatic N) is 1. The standard InChI is InChI=1S/C13H23NO2/c1-10-5-4-6-13(7-10,9-14)12(15)11(2)8-16-3/h10-12,15H,4-8H2,1-3H3. The van der Waals surface area contributed by atoms with Gasteiger partial charge in [-0.05, 0) is 18.8 Å². The third-order valence-electron chi connectivity index (χ3n) is 3.79. The summed E-state index contributed by atoms with van der Waals surface area (Å²) in [6.45, 7) is 4.63. The molecule has 1 saturated carbocycles. The monoisotopic (exact) mass is 225 g/mol. The van der Waals surface area contributed by atoms with Crippen molar-refractivity contribution >= 4 is 0 Å². The minimum atomic E-state index is -0.569. The fourth-order valence-electron chi connectivity index (χ4n) is 2.93. The highest BCUT2D eigenvalue weighted by Crippen LogP contribution is 2.43. The van der Waals surface area contributed by atoms with Gasteiger partial charge < -0.3 is 9.84 Å². The van der Waals surface area contributed by atoms with Gasteiger partial charge in [-0.1, -0.05) is 26.7 Å². The van der Waals surface area contributed by atoms with Crippen LogP contribution in [0.15, 0.2) is 0 Å². The summed E-state index contributed by atoms with van der Waals surface area (Å²) >= 11 is 0. The van der Waals surface area contributed by atoms with E-state index >= 15 is 0 Å². The van der Waals surface area contributed by atoms with Gasteiger partial charge in [0.15, 0.2) is 0 Å². The molecule has 16 heavy (non-hydrogen) atoms. The van der Waals surface area contributed by atoms with Crippen LogP contribution in [0.1, 0.15) is 39.5 Å². The van der Waals surface area contributed by atoms with E-state index in [9.17, 15) is 10.4 Å². The van der Waals surface area contributed by atoms with E-state index in [2.05, 4.69) is 13.0 Å². The van der Waals surface area contributed by atoms with E-state index in [-0.39, 0.29) is 5.92 Å². The van der Waals surface area contributed by atoms with Gasteiger partial charge in [-0.2, -0.15) is 5.26 Å². The van der Waals surface area contributed by atoms with Crippen molar-refractivity contribution in [2.24, 2.45) is 17.3 Å². The minimum Gasteiger partial charge on any atom is -0.391 e. The van der Waals surface area contributed by atoms with Gasteiger partial charge in [-0.25, -0.2) is 0 Å². The van der Waals surface area contributed by atoms with E-state index in [4.69, 9.17) is 4.74 Å². The molecule has 1 aliphatic rings. The number of hydrogen-bond donors (Lipinski definition) is 1. The lowest BCUT2D eigenvalue weighted by atomic mass is 9.65. The summed E-state index contributed by atoms with van der Waals surface area (Å²) in [7, 11) is 1.63. The number of nitriles is 1. The van der Waals surface area contributed by atoms with Crippen molar-refractivity contribution in [3.05, 3.63) is 0 Å². The van der Waals surface area contributed by atoms with Gasteiger partial charge in [-0.3, -0.25) is 0 Å². The number of hydrogen-bond acceptors (Lipinski definition) is 3. The zero-order valence-corrected chi connectivity index (χ0v) is 10.6. The van der Waals surface area contributed by atoms with Crippen molar-refractivity contribution in [3.63, 3.8) is 0 Å². The molecule has 0 amide bonds. The highest BCUT2D eigenvalue weighted by Gasteiger charge is 2.43. The number of aliphatic hydroxyl groups is 1. The number of ether oxygens (including phenoxy) is 1. The molecule has 1 aliphatic carbocycles. The zero-order chi connectivity index (χ0) is 12.2. The molecule has 0 aliphatic heterocycles. The first-order valence-electron chi connectivity index (χ1n) is 6.14. The summed E-state index contributed by atoms with van der Waals surface area (Å²) in [5.74, 6) is 0.563. The highest BCUT2D eigenvalue weighted by atomic mass is 16.5. The normalized spacial score (nSPS) is 34.1. The average Bonchev–Trinajstić information content (AvgIpc) is 2.28. The molecular weight excluding hydrogens is 202 g/mol. The predicted octanol–water partition coefficient (Wildman–Crippen LogP) is 2.35. The molecule has 0 aromatic carbocycles. The van der Waals surface area contributed by atoms with Gasteiger partial charge >= 0.3 is 0 Å². The summed E-state index contributed by atoms with van der Waals surface area (Å²) in [6.07, 6.45) is 3.29. The van der Waals surface area contributed by atoms with E-state index in [1.165, 1.54) is 6.42 Å². The van der Waals surface area contributed by atoms with Crippen molar-refractivity contribution < 1.29 is 9.84 Å². The Kier molecular flexibility index (Phi) is 4.76. The SMILES string of the molecule is COCC(C)C(O)C1(C#N)CCCC(C)C1. The lowest BCUT2D eigenvalue weighted by Gasteiger charge is -2.40. The molecule has 3 nitrogen and oxygen atoms in total. The molecule has 0 bridgehead atoms. The van der Waals surface area contributed by atoms with Crippen LogP contribution in [-0.4, -0.2) is 24.9 Å². The molecule has 0 saturated heterocycles. The molecule has 0 spiro atoms. The number of rotatable bonds is 4. The molecule has 3 heteroatoms. The van der Waals surface area contributed by atoms with Crippen LogP contribution < -0.4 is 0 Å². The van der Waals surface area contributed by atoms with Crippen LogP contribution in [0.4, 0.5) is 0 Å². The van der Waals surface area contributed by atoms with Crippen molar-refractivity contribution in [2.75, 3.05) is 13.7 Å². The first-order chi connectivity index (χ1) is 7.55. The summed E-state index contributed by atoms with van der Waals surface area (Å²) in [5, 5.41) is 19.7. The Morgan fingerprint density at radius 2 is 2.31 bits per heavy atom. The first kappa shape index (κ1) is 13.5. The molecule has 1 rings (SSSR count). The van der Waals surface area contributed by atoms with Crippen LogP contribution >= 0.6 is 0 Å². The topological polar surface area (TPSA) is 53.2 Å². The van der Waals surface area contributed by atoms with Gasteiger partial charge in [-0.15, -0.1) is 0 Å². The van der Waals surface area contributed by atoms with Crippen LogP contribution in [-0.2, 0) is 4.74 Å². The Bertz CT molecular complexity index is 261. The van der Waals surface area contributed by atoms with E-state index < -0.39 is 11.5 Å². The van der Waals surface area contributed by atoms with E-state index in [1.807, 2.05) is 6.92 Å². The molecule has 4 atom stereocenters. The largest absolute Gasteiger partial charge is 0.391 e. The fourth-order valence-corrected chi connectivity index (χ4v) is 2.93. The predicted molar refractivity (Wildman–Crippen MR) is 62.7 cm³/mol. The minimum absolute atomic E-state index is 0.0231. The van der Waals surface area contributed by atoms with Crippen molar-refractivity contribution in [3.8, 4) is 6.07 Å². The summed E-state index contributed by atoms with van der Waals surface area (Å²) in [5.41, 5.74) is -0.546. The van der Waals surface area contributed by atoms with Crippen LogP contribution in [0.5, 0.6) is 0 Å². The third kappa shape index (κ3) is 2.75. The van der Waals surface area contributed by atoms with E-state index in [0.717, 1.165) is 19.3 Å². The second-order valence-corrected chi connectivity index (χ2v) is 5.35. The highest BCUT2D eigenvalue weighted by molar-refractivity contribution is 5.07. The maximum absolute atomic E-state index is 10.3. The average molecular weight is 225 g/mol. The Morgan fingerprint density at radius 3 is 2.81 bits per heavy atom. The smallest absolute Gasteiger partial charge is 0.0838 e.